The number of carbonyl (C=O) groups is 1. The minimum atomic E-state index is -0.449. The highest BCUT2D eigenvalue weighted by molar-refractivity contribution is 7.07. The Morgan fingerprint density at radius 3 is 2.84 bits per heavy atom. The number of alkyl carbamates (subject to hydrolysis) is 1. The van der Waals surface area contributed by atoms with Gasteiger partial charge < -0.3 is 15.4 Å². The molecule has 106 valence electrons. The van der Waals surface area contributed by atoms with Gasteiger partial charge in [-0.05, 0) is 34.1 Å². The number of ether oxygens (including phenoxy) is 1. The van der Waals surface area contributed by atoms with Crippen LogP contribution in [-0.2, 0) is 4.74 Å². The lowest BCUT2D eigenvalue weighted by molar-refractivity contribution is 0.0522. The zero-order valence-electron chi connectivity index (χ0n) is 11.8. The molecule has 1 saturated carbocycles. The molecule has 0 spiro atoms. The molecule has 3 atom stereocenters. The summed E-state index contributed by atoms with van der Waals surface area (Å²) >= 11 is 1.59. The van der Waals surface area contributed by atoms with Crippen molar-refractivity contribution in [1.82, 2.24) is 15.6 Å². The van der Waals surface area contributed by atoms with Gasteiger partial charge in [0.25, 0.3) is 0 Å². The van der Waals surface area contributed by atoms with Gasteiger partial charge in [0.05, 0.1) is 11.2 Å². The molecule has 1 aromatic heterocycles. The number of hydrogen-bond acceptors (Lipinski definition) is 5. The fourth-order valence-electron chi connectivity index (χ4n) is 1.84. The number of rotatable bonds is 4. The normalized spacial score (nSPS) is 23.8. The molecule has 1 heterocycles. The van der Waals surface area contributed by atoms with Crippen LogP contribution in [-0.4, -0.2) is 28.8 Å². The van der Waals surface area contributed by atoms with Crippen LogP contribution in [0.25, 0.3) is 0 Å². The molecule has 6 heteroatoms. The fourth-order valence-corrected chi connectivity index (χ4v) is 2.49. The predicted octanol–water partition coefficient (Wildman–Crippen LogP) is 2.46. The third-order valence-corrected chi connectivity index (χ3v) is 3.46. The molecule has 3 unspecified atom stereocenters. The summed E-state index contributed by atoms with van der Waals surface area (Å²) in [6.45, 7) is 7.66. The van der Waals surface area contributed by atoms with Crippen molar-refractivity contribution < 1.29 is 9.53 Å². The van der Waals surface area contributed by atoms with Crippen LogP contribution in [0.15, 0.2) is 10.9 Å². The lowest BCUT2D eigenvalue weighted by atomic mass is 10.2. The summed E-state index contributed by atoms with van der Waals surface area (Å²) in [6, 6.07) is 0.682. The van der Waals surface area contributed by atoms with Crippen molar-refractivity contribution >= 4 is 17.4 Å². The second kappa shape index (κ2) is 5.46. The number of amides is 1. The molecule has 1 aliphatic rings. The van der Waals surface area contributed by atoms with E-state index in [9.17, 15) is 4.79 Å². The Morgan fingerprint density at radius 1 is 1.53 bits per heavy atom. The van der Waals surface area contributed by atoms with Crippen molar-refractivity contribution in [2.24, 2.45) is 0 Å². The molecule has 2 rings (SSSR count). The average Bonchev–Trinajstić information content (AvgIpc) is 2.80. The maximum atomic E-state index is 11.6. The molecule has 19 heavy (non-hydrogen) atoms. The van der Waals surface area contributed by atoms with Gasteiger partial charge in [-0.3, -0.25) is 0 Å². The van der Waals surface area contributed by atoms with Crippen molar-refractivity contribution in [2.75, 3.05) is 0 Å². The van der Waals surface area contributed by atoms with E-state index in [1.54, 1.807) is 11.3 Å². The number of carbonyl (C=O) groups excluding carboxylic acids is 1. The Kier molecular flexibility index (Phi) is 4.10. The van der Waals surface area contributed by atoms with Crippen LogP contribution < -0.4 is 10.6 Å². The smallest absolute Gasteiger partial charge is 0.407 e. The first kappa shape index (κ1) is 14.3. The van der Waals surface area contributed by atoms with E-state index >= 15 is 0 Å². The molecular weight excluding hydrogens is 262 g/mol. The van der Waals surface area contributed by atoms with Crippen molar-refractivity contribution in [3.63, 3.8) is 0 Å². The molecule has 1 amide bonds. The van der Waals surface area contributed by atoms with Gasteiger partial charge in [-0.15, -0.1) is 11.3 Å². The standard InChI is InChI=1S/C13H21N3O2S/c1-8(11-6-19-7-14-11)15-9-5-10(9)16-12(17)18-13(2,3)4/h6-10,15H,5H2,1-4H3,(H,16,17). The Balaban J connectivity index is 1.72. The van der Waals surface area contributed by atoms with E-state index in [0.717, 1.165) is 12.1 Å². The van der Waals surface area contributed by atoms with Crippen LogP contribution in [0.2, 0.25) is 0 Å². The Bertz CT molecular complexity index is 428. The maximum Gasteiger partial charge on any atom is 0.407 e. The van der Waals surface area contributed by atoms with E-state index in [4.69, 9.17) is 4.74 Å². The van der Waals surface area contributed by atoms with Crippen LogP contribution in [0.5, 0.6) is 0 Å². The van der Waals surface area contributed by atoms with E-state index in [2.05, 4.69) is 22.5 Å². The molecule has 1 fully saturated rings. The van der Waals surface area contributed by atoms with E-state index in [1.807, 2.05) is 31.7 Å². The SMILES string of the molecule is CC(NC1CC1NC(=O)OC(C)(C)C)c1cscn1. The first-order valence-corrected chi connectivity index (χ1v) is 7.43. The Labute approximate surface area is 117 Å². The lowest BCUT2D eigenvalue weighted by Crippen LogP contribution is -2.37. The van der Waals surface area contributed by atoms with Crippen LogP contribution in [0, 0.1) is 0 Å². The first-order valence-electron chi connectivity index (χ1n) is 6.49. The summed E-state index contributed by atoms with van der Waals surface area (Å²) in [4.78, 5) is 15.9. The topological polar surface area (TPSA) is 63.2 Å². The fraction of sp³-hybridized carbons (Fsp3) is 0.692. The minimum Gasteiger partial charge on any atom is -0.444 e. The summed E-state index contributed by atoms with van der Waals surface area (Å²) in [6.07, 6.45) is 0.594. The minimum absolute atomic E-state index is 0.163. The summed E-state index contributed by atoms with van der Waals surface area (Å²) < 4.78 is 5.23. The van der Waals surface area contributed by atoms with Crippen LogP contribution >= 0.6 is 11.3 Å². The molecular formula is C13H21N3O2S. The molecule has 0 aromatic carbocycles. The highest BCUT2D eigenvalue weighted by Crippen LogP contribution is 2.25. The molecule has 0 bridgehead atoms. The van der Waals surface area contributed by atoms with Gasteiger partial charge in [-0.2, -0.15) is 0 Å². The molecule has 0 radical (unpaired) electrons. The van der Waals surface area contributed by atoms with Gasteiger partial charge in [0.1, 0.15) is 5.60 Å². The number of hydrogen-bond donors (Lipinski definition) is 2. The summed E-state index contributed by atoms with van der Waals surface area (Å²) in [5.41, 5.74) is 2.43. The van der Waals surface area contributed by atoms with E-state index in [0.29, 0.717) is 6.04 Å². The van der Waals surface area contributed by atoms with E-state index < -0.39 is 5.60 Å². The average molecular weight is 283 g/mol. The van der Waals surface area contributed by atoms with Crippen molar-refractivity contribution in [2.45, 2.75) is 57.8 Å². The van der Waals surface area contributed by atoms with Crippen LogP contribution in [0.4, 0.5) is 4.79 Å². The number of nitrogens with one attached hydrogen (secondary N) is 2. The van der Waals surface area contributed by atoms with E-state index in [1.165, 1.54) is 0 Å². The van der Waals surface area contributed by atoms with Gasteiger partial charge in [0, 0.05) is 23.5 Å². The third kappa shape index (κ3) is 4.47. The molecule has 5 nitrogen and oxygen atoms in total. The lowest BCUT2D eigenvalue weighted by Gasteiger charge is -2.20. The quantitative estimate of drug-likeness (QED) is 0.891. The van der Waals surface area contributed by atoms with Gasteiger partial charge in [-0.1, -0.05) is 0 Å². The van der Waals surface area contributed by atoms with Gasteiger partial charge in [-0.25, -0.2) is 9.78 Å². The number of thiazole rings is 1. The van der Waals surface area contributed by atoms with Crippen LogP contribution in [0.1, 0.15) is 45.9 Å². The largest absolute Gasteiger partial charge is 0.444 e. The molecule has 1 aliphatic carbocycles. The Morgan fingerprint density at radius 2 is 2.26 bits per heavy atom. The van der Waals surface area contributed by atoms with Crippen LogP contribution in [0.3, 0.4) is 0 Å². The van der Waals surface area contributed by atoms with E-state index in [-0.39, 0.29) is 18.2 Å². The first-order chi connectivity index (χ1) is 8.85. The van der Waals surface area contributed by atoms with Crippen molar-refractivity contribution in [1.29, 1.82) is 0 Å². The zero-order valence-corrected chi connectivity index (χ0v) is 12.6. The summed E-state index contributed by atoms with van der Waals surface area (Å²) in [5.74, 6) is 0. The second-order valence-corrected chi connectivity index (χ2v) is 6.62. The second-order valence-electron chi connectivity index (χ2n) is 5.90. The molecule has 0 saturated heterocycles. The van der Waals surface area contributed by atoms with Crippen molar-refractivity contribution in [3.8, 4) is 0 Å². The van der Waals surface area contributed by atoms with Crippen molar-refractivity contribution in [3.05, 3.63) is 16.6 Å². The third-order valence-electron chi connectivity index (χ3n) is 2.85. The highest BCUT2D eigenvalue weighted by Gasteiger charge is 2.40. The summed E-state index contributed by atoms with van der Waals surface area (Å²) in [7, 11) is 0. The van der Waals surface area contributed by atoms with Gasteiger partial charge >= 0.3 is 6.09 Å². The molecule has 1 aromatic rings. The molecule has 2 N–H and O–H groups in total. The summed E-state index contributed by atoms with van der Waals surface area (Å²) in [5, 5.41) is 8.36. The number of nitrogens with zero attached hydrogens (tertiary/aromatic N) is 1. The molecule has 0 aliphatic heterocycles. The zero-order chi connectivity index (χ0) is 14.0. The predicted molar refractivity (Wildman–Crippen MR) is 75.2 cm³/mol. The number of aromatic nitrogens is 1. The monoisotopic (exact) mass is 283 g/mol. The van der Waals surface area contributed by atoms with Gasteiger partial charge in [0.2, 0.25) is 0 Å². The van der Waals surface area contributed by atoms with Gasteiger partial charge in [0.15, 0.2) is 0 Å². The maximum absolute atomic E-state index is 11.6. The highest BCUT2D eigenvalue weighted by atomic mass is 32.1. The Hall–Kier alpha value is -1.14.